The zero-order valence-corrected chi connectivity index (χ0v) is 18.2. The summed E-state index contributed by atoms with van der Waals surface area (Å²) >= 11 is 0. The van der Waals surface area contributed by atoms with Gasteiger partial charge in [-0.1, -0.05) is 6.42 Å². The standard InChI is InChI=1S/C21H25F2N3O4S/c1-13-18(20(27)24-14-7-8-15(22)16(23)10-14)26-9-5-3-4-6-17(26)19(13)31(28,29)25-21(2)11-30-12-21/h7-8,10,25H,3-6,9,11-12H2,1-2H3,(H,24,27). The Hall–Kier alpha value is -2.30. The molecule has 7 nitrogen and oxygen atoms in total. The number of amides is 1. The van der Waals surface area contributed by atoms with E-state index in [1.807, 2.05) is 0 Å². The van der Waals surface area contributed by atoms with Crippen LogP contribution in [0.25, 0.3) is 0 Å². The lowest BCUT2D eigenvalue weighted by atomic mass is 10.0. The van der Waals surface area contributed by atoms with Crippen molar-refractivity contribution < 1.29 is 26.7 Å². The van der Waals surface area contributed by atoms with Crippen molar-refractivity contribution in [2.24, 2.45) is 0 Å². The van der Waals surface area contributed by atoms with Crippen LogP contribution in [0.15, 0.2) is 23.1 Å². The predicted octanol–water partition coefficient (Wildman–Crippen LogP) is 3.12. The van der Waals surface area contributed by atoms with E-state index in [0.29, 0.717) is 24.2 Å². The van der Waals surface area contributed by atoms with Gasteiger partial charge in [0.1, 0.15) is 10.6 Å². The maximum Gasteiger partial charge on any atom is 0.272 e. The summed E-state index contributed by atoms with van der Waals surface area (Å²) in [5.74, 6) is -2.66. The van der Waals surface area contributed by atoms with Gasteiger partial charge in [-0.3, -0.25) is 4.79 Å². The number of ether oxygens (including phenoxy) is 1. The van der Waals surface area contributed by atoms with Gasteiger partial charge in [0, 0.05) is 29.6 Å². The molecule has 0 atom stereocenters. The summed E-state index contributed by atoms with van der Waals surface area (Å²) in [6.45, 7) is 4.45. The molecule has 2 aliphatic heterocycles. The Bertz CT molecular complexity index is 1140. The van der Waals surface area contributed by atoms with Crippen LogP contribution in [-0.2, 0) is 27.7 Å². The SMILES string of the molecule is Cc1c(S(=O)(=O)NC2(C)COC2)c2n(c1C(=O)Nc1ccc(F)c(F)c1)CCCCC2. The fourth-order valence-corrected chi connectivity index (χ4v) is 6.17. The van der Waals surface area contributed by atoms with E-state index in [9.17, 15) is 22.0 Å². The second-order valence-electron chi connectivity index (χ2n) is 8.45. The van der Waals surface area contributed by atoms with Crippen molar-refractivity contribution in [3.8, 4) is 0 Å². The summed E-state index contributed by atoms with van der Waals surface area (Å²) in [6.07, 6.45) is 3.08. The summed E-state index contributed by atoms with van der Waals surface area (Å²) < 4.78 is 63.1. The molecule has 0 unspecified atom stereocenters. The molecule has 0 bridgehead atoms. The van der Waals surface area contributed by atoms with Gasteiger partial charge < -0.3 is 14.6 Å². The minimum atomic E-state index is -3.91. The number of carbonyl (C=O) groups is 1. The van der Waals surface area contributed by atoms with Crippen molar-refractivity contribution in [3.63, 3.8) is 0 Å². The minimum absolute atomic E-state index is 0.0918. The van der Waals surface area contributed by atoms with Gasteiger partial charge in [-0.2, -0.15) is 0 Å². The number of hydrogen-bond donors (Lipinski definition) is 2. The minimum Gasteiger partial charge on any atom is -0.377 e. The normalized spacial score (nSPS) is 18.1. The molecule has 10 heteroatoms. The third kappa shape index (κ3) is 4.11. The molecule has 0 aliphatic carbocycles. The van der Waals surface area contributed by atoms with E-state index in [-0.39, 0.29) is 29.5 Å². The number of carbonyl (C=O) groups excluding carboxylic acids is 1. The van der Waals surface area contributed by atoms with E-state index < -0.39 is 33.1 Å². The molecule has 1 saturated heterocycles. The zero-order valence-electron chi connectivity index (χ0n) is 17.4. The molecule has 1 fully saturated rings. The van der Waals surface area contributed by atoms with Crippen LogP contribution in [0.1, 0.15) is 47.9 Å². The quantitative estimate of drug-likeness (QED) is 0.728. The van der Waals surface area contributed by atoms with Crippen LogP contribution in [0.4, 0.5) is 14.5 Å². The predicted molar refractivity (Wildman–Crippen MR) is 111 cm³/mol. The van der Waals surface area contributed by atoms with Crippen molar-refractivity contribution in [1.29, 1.82) is 0 Å². The highest BCUT2D eigenvalue weighted by molar-refractivity contribution is 7.89. The zero-order chi connectivity index (χ0) is 22.4. The number of fused-ring (bicyclic) bond motifs is 1. The van der Waals surface area contributed by atoms with Crippen LogP contribution in [0.2, 0.25) is 0 Å². The van der Waals surface area contributed by atoms with E-state index >= 15 is 0 Å². The summed E-state index contributed by atoms with van der Waals surface area (Å²) in [5, 5.41) is 2.57. The van der Waals surface area contributed by atoms with Crippen LogP contribution in [0.3, 0.4) is 0 Å². The number of nitrogens with zero attached hydrogens (tertiary/aromatic N) is 1. The summed E-state index contributed by atoms with van der Waals surface area (Å²) in [4.78, 5) is 13.2. The number of halogens is 2. The third-order valence-electron chi connectivity index (χ3n) is 5.73. The van der Waals surface area contributed by atoms with Crippen molar-refractivity contribution in [1.82, 2.24) is 9.29 Å². The molecular weight excluding hydrogens is 428 g/mol. The molecule has 1 amide bonds. The second-order valence-corrected chi connectivity index (χ2v) is 10.1. The highest BCUT2D eigenvalue weighted by Crippen LogP contribution is 2.33. The Morgan fingerprint density at radius 1 is 1.16 bits per heavy atom. The number of benzene rings is 1. The molecule has 4 rings (SSSR count). The molecule has 3 heterocycles. The first-order valence-electron chi connectivity index (χ1n) is 10.2. The molecule has 2 aliphatic rings. The van der Waals surface area contributed by atoms with Gasteiger partial charge in [-0.15, -0.1) is 0 Å². The van der Waals surface area contributed by atoms with Crippen LogP contribution in [0, 0.1) is 18.6 Å². The Morgan fingerprint density at radius 2 is 1.90 bits per heavy atom. The van der Waals surface area contributed by atoms with Gasteiger partial charge in [0.2, 0.25) is 10.0 Å². The van der Waals surface area contributed by atoms with Crippen molar-refractivity contribution in [2.45, 2.75) is 56.5 Å². The molecule has 0 spiro atoms. The van der Waals surface area contributed by atoms with Crippen LogP contribution < -0.4 is 10.0 Å². The maximum absolute atomic E-state index is 13.6. The first-order valence-corrected chi connectivity index (χ1v) is 11.7. The van der Waals surface area contributed by atoms with E-state index in [0.717, 1.165) is 31.4 Å². The molecule has 1 aromatic heterocycles. The second kappa shape index (κ2) is 7.99. The third-order valence-corrected chi connectivity index (χ3v) is 7.57. The van der Waals surface area contributed by atoms with Crippen molar-refractivity contribution in [3.05, 3.63) is 46.8 Å². The number of anilines is 1. The molecule has 168 valence electrons. The lowest BCUT2D eigenvalue weighted by Gasteiger charge is -2.38. The summed E-state index contributed by atoms with van der Waals surface area (Å²) in [5.41, 5.74) is 0.570. The maximum atomic E-state index is 13.6. The van der Waals surface area contributed by atoms with Gasteiger partial charge in [-0.25, -0.2) is 21.9 Å². The molecule has 31 heavy (non-hydrogen) atoms. The largest absolute Gasteiger partial charge is 0.377 e. The number of aromatic nitrogens is 1. The molecule has 0 saturated carbocycles. The van der Waals surface area contributed by atoms with E-state index in [1.165, 1.54) is 6.07 Å². The molecule has 0 radical (unpaired) electrons. The molecule has 2 aromatic rings. The topological polar surface area (TPSA) is 89.4 Å². The first-order chi connectivity index (χ1) is 14.6. The lowest BCUT2D eigenvalue weighted by Crippen LogP contribution is -2.59. The van der Waals surface area contributed by atoms with Crippen molar-refractivity contribution >= 4 is 21.6 Å². The first kappa shape index (κ1) is 21.9. The summed E-state index contributed by atoms with van der Waals surface area (Å²) in [6, 6.07) is 3.08. The Morgan fingerprint density at radius 3 is 2.55 bits per heavy atom. The van der Waals surface area contributed by atoms with Crippen LogP contribution in [-0.4, -0.2) is 37.6 Å². The van der Waals surface area contributed by atoms with Gasteiger partial charge in [-0.05, 0) is 45.2 Å². The average molecular weight is 454 g/mol. The number of nitrogens with one attached hydrogen (secondary N) is 2. The molecule has 2 N–H and O–H groups in total. The molecule has 1 aromatic carbocycles. The lowest BCUT2D eigenvalue weighted by molar-refractivity contribution is -0.0523. The highest BCUT2D eigenvalue weighted by Gasteiger charge is 2.41. The van der Waals surface area contributed by atoms with E-state index in [1.54, 1.807) is 18.4 Å². The van der Waals surface area contributed by atoms with Gasteiger partial charge in [0.15, 0.2) is 11.6 Å². The average Bonchev–Trinajstić information content (AvgIpc) is 2.79. The summed E-state index contributed by atoms with van der Waals surface area (Å²) in [7, 11) is -3.91. The Labute approximate surface area is 179 Å². The highest BCUT2D eigenvalue weighted by atomic mass is 32.2. The Kier molecular flexibility index (Phi) is 5.65. The van der Waals surface area contributed by atoms with Gasteiger partial charge in [0.05, 0.1) is 18.8 Å². The van der Waals surface area contributed by atoms with Gasteiger partial charge >= 0.3 is 0 Å². The van der Waals surface area contributed by atoms with Crippen LogP contribution in [0.5, 0.6) is 0 Å². The molecular formula is C21H25F2N3O4S. The fraction of sp³-hybridized carbons (Fsp3) is 0.476. The van der Waals surface area contributed by atoms with E-state index in [4.69, 9.17) is 4.74 Å². The van der Waals surface area contributed by atoms with Gasteiger partial charge in [0.25, 0.3) is 5.91 Å². The monoisotopic (exact) mass is 453 g/mol. The van der Waals surface area contributed by atoms with Crippen LogP contribution >= 0.6 is 0 Å². The van der Waals surface area contributed by atoms with E-state index in [2.05, 4.69) is 10.0 Å². The smallest absolute Gasteiger partial charge is 0.272 e. The number of rotatable bonds is 5. The Balaban J connectivity index is 1.76. The number of hydrogen-bond acceptors (Lipinski definition) is 4. The number of sulfonamides is 1. The van der Waals surface area contributed by atoms with Crippen molar-refractivity contribution in [2.75, 3.05) is 18.5 Å². The fourth-order valence-electron chi connectivity index (χ4n) is 4.27.